The Hall–Kier alpha value is -1.89. The minimum Gasteiger partial charge on any atom is -0.258 e. The lowest BCUT2D eigenvalue weighted by Crippen LogP contribution is -2.03. The molecule has 0 aliphatic heterocycles. The minimum atomic E-state index is 1.09. The summed E-state index contributed by atoms with van der Waals surface area (Å²) in [5.74, 6) is 0. The van der Waals surface area contributed by atoms with Gasteiger partial charge in [0, 0.05) is 5.71 Å². The first kappa shape index (κ1) is 12.2. The zero-order valence-electron chi connectivity index (χ0n) is 11.2. The smallest absolute Gasteiger partial charge is 0.0629 e. The molecule has 2 aromatic carbocycles. The quantitative estimate of drug-likeness (QED) is 0.676. The average Bonchev–Trinajstić information content (AvgIpc) is 2.50. The molecule has 96 valence electrons. The molecule has 0 unspecified atom stereocenters. The molecule has 0 saturated heterocycles. The van der Waals surface area contributed by atoms with Gasteiger partial charge in [-0.1, -0.05) is 48.9 Å². The zero-order chi connectivity index (χ0) is 12.9. The molecular weight excluding hydrogens is 230 g/mol. The van der Waals surface area contributed by atoms with Crippen LogP contribution in [-0.2, 0) is 0 Å². The third-order valence-electron chi connectivity index (χ3n) is 3.69. The maximum atomic E-state index is 4.77. The van der Waals surface area contributed by atoms with Gasteiger partial charge in [-0.25, -0.2) is 0 Å². The summed E-state index contributed by atoms with van der Waals surface area (Å²) in [6.45, 7) is 0. The van der Waals surface area contributed by atoms with Gasteiger partial charge < -0.3 is 0 Å². The van der Waals surface area contributed by atoms with Crippen molar-refractivity contribution in [2.24, 2.45) is 4.99 Å². The van der Waals surface area contributed by atoms with Crippen LogP contribution in [-0.4, -0.2) is 5.71 Å². The highest BCUT2D eigenvalue weighted by molar-refractivity contribution is 5.87. The van der Waals surface area contributed by atoms with Crippen LogP contribution < -0.4 is 0 Å². The van der Waals surface area contributed by atoms with Crippen molar-refractivity contribution in [3.8, 4) is 11.1 Å². The number of hydrogen-bond donors (Lipinski definition) is 0. The molecule has 0 radical (unpaired) electrons. The minimum absolute atomic E-state index is 1.09. The largest absolute Gasteiger partial charge is 0.258 e. The highest BCUT2D eigenvalue weighted by Gasteiger charge is 2.06. The van der Waals surface area contributed by atoms with E-state index in [1.807, 2.05) is 6.07 Å². The van der Waals surface area contributed by atoms with E-state index in [1.165, 1.54) is 48.9 Å². The maximum Gasteiger partial charge on any atom is 0.0629 e. The van der Waals surface area contributed by atoms with E-state index in [0.717, 1.165) is 5.69 Å². The first-order valence-corrected chi connectivity index (χ1v) is 7.14. The Kier molecular flexibility index (Phi) is 3.73. The molecule has 0 bridgehead atoms. The van der Waals surface area contributed by atoms with E-state index < -0.39 is 0 Å². The molecule has 0 amide bonds. The van der Waals surface area contributed by atoms with Gasteiger partial charge in [0.2, 0.25) is 0 Å². The standard InChI is InChI=1S/C18H19N/c1-3-7-15(8-4-1)16-11-13-18(14-12-16)19-17-9-5-2-6-10-17/h1,3-4,7-8,11-14H,2,5-6,9-10H2. The lowest BCUT2D eigenvalue weighted by Gasteiger charge is -2.12. The summed E-state index contributed by atoms with van der Waals surface area (Å²) in [4.78, 5) is 4.77. The van der Waals surface area contributed by atoms with E-state index in [9.17, 15) is 0 Å². The fourth-order valence-electron chi connectivity index (χ4n) is 2.61. The van der Waals surface area contributed by atoms with Gasteiger partial charge in [0.1, 0.15) is 0 Å². The van der Waals surface area contributed by atoms with E-state index in [4.69, 9.17) is 4.99 Å². The van der Waals surface area contributed by atoms with E-state index in [1.54, 1.807) is 0 Å². The average molecular weight is 249 g/mol. The third kappa shape index (κ3) is 3.11. The Bertz CT molecular complexity index is 544. The van der Waals surface area contributed by atoms with Crippen LogP contribution in [0, 0.1) is 0 Å². The van der Waals surface area contributed by atoms with E-state index in [0.29, 0.717) is 0 Å². The molecule has 0 heterocycles. The summed E-state index contributed by atoms with van der Waals surface area (Å²) >= 11 is 0. The first-order valence-electron chi connectivity index (χ1n) is 7.14. The van der Waals surface area contributed by atoms with Crippen molar-refractivity contribution >= 4 is 11.4 Å². The fourth-order valence-corrected chi connectivity index (χ4v) is 2.61. The Morgan fingerprint density at radius 1 is 0.632 bits per heavy atom. The predicted octanol–water partition coefficient (Wildman–Crippen LogP) is 5.39. The Morgan fingerprint density at radius 3 is 1.95 bits per heavy atom. The van der Waals surface area contributed by atoms with Crippen LogP contribution in [0.2, 0.25) is 0 Å². The summed E-state index contributed by atoms with van der Waals surface area (Å²) in [5, 5.41) is 0. The van der Waals surface area contributed by atoms with Gasteiger partial charge in [-0.15, -0.1) is 0 Å². The van der Waals surface area contributed by atoms with Crippen molar-refractivity contribution in [3.63, 3.8) is 0 Å². The van der Waals surface area contributed by atoms with Gasteiger partial charge in [-0.05, 0) is 48.9 Å². The molecule has 1 aliphatic carbocycles. The molecule has 3 rings (SSSR count). The van der Waals surface area contributed by atoms with Crippen LogP contribution in [0.1, 0.15) is 32.1 Å². The number of benzene rings is 2. The third-order valence-corrected chi connectivity index (χ3v) is 3.69. The van der Waals surface area contributed by atoms with Crippen LogP contribution in [0.3, 0.4) is 0 Å². The van der Waals surface area contributed by atoms with Gasteiger partial charge in [0.15, 0.2) is 0 Å². The molecule has 2 aromatic rings. The summed E-state index contributed by atoms with van der Waals surface area (Å²) in [6, 6.07) is 19.1. The second-order valence-corrected chi connectivity index (χ2v) is 5.15. The van der Waals surface area contributed by atoms with Crippen molar-refractivity contribution in [3.05, 3.63) is 54.6 Å². The topological polar surface area (TPSA) is 12.4 Å². The maximum absolute atomic E-state index is 4.77. The van der Waals surface area contributed by atoms with Crippen molar-refractivity contribution in [2.45, 2.75) is 32.1 Å². The molecule has 0 N–H and O–H groups in total. The van der Waals surface area contributed by atoms with Crippen molar-refractivity contribution in [1.82, 2.24) is 0 Å². The van der Waals surface area contributed by atoms with Gasteiger partial charge in [-0.3, -0.25) is 4.99 Å². The Balaban J connectivity index is 1.79. The van der Waals surface area contributed by atoms with E-state index in [2.05, 4.69) is 48.5 Å². The summed E-state index contributed by atoms with van der Waals surface area (Å²) < 4.78 is 0. The Labute approximate surface area is 115 Å². The monoisotopic (exact) mass is 249 g/mol. The van der Waals surface area contributed by atoms with Crippen LogP contribution >= 0.6 is 0 Å². The van der Waals surface area contributed by atoms with Crippen LogP contribution in [0.25, 0.3) is 11.1 Å². The molecule has 1 saturated carbocycles. The van der Waals surface area contributed by atoms with Gasteiger partial charge in [0.05, 0.1) is 5.69 Å². The van der Waals surface area contributed by atoms with Gasteiger partial charge in [-0.2, -0.15) is 0 Å². The fraction of sp³-hybridized carbons (Fsp3) is 0.278. The summed E-state index contributed by atoms with van der Waals surface area (Å²) in [6.07, 6.45) is 6.34. The van der Waals surface area contributed by atoms with Crippen molar-refractivity contribution < 1.29 is 0 Å². The SMILES string of the molecule is c1ccc(-c2ccc(N=C3CCCCC3)cc2)cc1. The van der Waals surface area contributed by atoms with Gasteiger partial charge >= 0.3 is 0 Å². The molecule has 0 atom stereocenters. The van der Waals surface area contributed by atoms with E-state index in [-0.39, 0.29) is 0 Å². The number of nitrogens with zero attached hydrogens (tertiary/aromatic N) is 1. The molecule has 1 nitrogen and oxygen atoms in total. The molecule has 1 aliphatic rings. The second-order valence-electron chi connectivity index (χ2n) is 5.15. The lowest BCUT2D eigenvalue weighted by atomic mass is 9.98. The van der Waals surface area contributed by atoms with E-state index >= 15 is 0 Å². The molecule has 0 aromatic heterocycles. The summed E-state index contributed by atoms with van der Waals surface area (Å²) in [7, 11) is 0. The number of rotatable bonds is 2. The second kappa shape index (κ2) is 5.83. The zero-order valence-corrected chi connectivity index (χ0v) is 11.2. The lowest BCUT2D eigenvalue weighted by molar-refractivity contribution is 0.667. The van der Waals surface area contributed by atoms with Crippen LogP contribution in [0.4, 0.5) is 5.69 Å². The normalized spacial score (nSPS) is 15.3. The first-order chi connectivity index (χ1) is 9.42. The van der Waals surface area contributed by atoms with Gasteiger partial charge in [0.25, 0.3) is 0 Å². The molecule has 1 heteroatoms. The van der Waals surface area contributed by atoms with Crippen LogP contribution in [0.5, 0.6) is 0 Å². The van der Waals surface area contributed by atoms with Crippen LogP contribution in [0.15, 0.2) is 59.6 Å². The number of aliphatic imine (C=N–C) groups is 1. The highest BCUT2D eigenvalue weighted by Crippen LogP contribution is 2.24. The molecule has 19 heavy (non-hydrogen) atoms. The predicted molar refractivity (Wildman–Crippen MR) is 82.1 cm³/mol. The van der Waals surface area contributed by atoms with Crippen molar-refractivity contribution in [2.75, 3.05) is 0 Å². The molecule has 0 spiro atoms. The summed E-state index contributed by atoms with van der Waals surface area (Å²) in [5.41, 5.74) is 4.99. The molecular formula is C18H19N. The number of hydrogen-bond acceptors (Lipinski definition) is 1. The highest BCUT2D eigenvalue weighted by atomic mass is 14.7. The van der Waals surface area contributed by atoms with Crippen molar-refractivity contribution in [1.29, 1.82) is 0 Å². The molecule has 1 fully saturated rings. The Morgan fingerprint density at radius 2 is 1.26 bits per heavy atom.